The lowest BCUT2D eigenvalue weighted by Gasteiger charge is -2.41. The molecule has 3 aliphatic rings. The number of rotatable bonds is 4. The molecule has 0 radical (unpaired) electrons. The predicted octanol–water partition coefficient (Wildman–Crippen LogP) is 3.56. The lowest BCUT2D eigenvalue weighted by atomic mass is 9.88. The van der Waals surface area contributed by atoms with E-state index in [1.165, 1.54) is 38.5 Å². The van der Waals surface area contributed by atoms with Crippen molar-refractivity contribution in [2.24, 2.45) is 4.99 Å². The standard InChI is InChI=1S/C19H27N3O3/c23-19(17-13-16(21-25-17)18-20-11-12-24-18)22(14-7-3-1-4-8-14)15-9-5-2-6-10-15/h13-15H,1-12H2. The van der Waals surface area contributed by atoms with Crippen molar-refractivity contribution in [2.75, 3.05) is 13.2 Å². The van der Waals surface area contributed by atoms with Crippen molar-refractivity contribution in [3.05, 3.63) is 17.5 Å². The van der Waals surface area contributed by atoms with E-state index in [1.54, 1.807) is 6.07 Å². The SMILES string of the molecule is O=C(c1cc(C2=NCCO2)no1)N(C1CCCCC1)C1CCCCC1. The van der Waals surface area contributed by atoms with Gasteiger partial charge in [-0.2, -0.15) is 0 Å². The van der Waals surface area contributed by atoms with Gasteiger partial charge in [0.05, 0.1) is 6.54 Å². The van der Waals surface area contributed by atoms with E-state index in [2.05, 4.69) is 15.0 Å². The minimum atomic E-state index is -0.00357. The highest BCUT2D eigenvalue weighted by Gasteiger charge is 2.35. The van der Waals surface area contributed by atoms with Crippen molar-refractivity contribution in [1.29, 1.82) is 0 Å². The Bertz CT molecular complexity index is 610. The number of amides is 1. The Morgan fingerprint density at radius 1 is 1.00 bits per heavy atom. The first-order valence-corrected chi connectivity index (χ1v) is 9.80. The van der Waals surface area contributed by atoms with Gasteiger partial charge < -0.3 is 14.2 Å². The minimum Gasteiger partial charge on any atom is -0.474 e. The molecule has 136 valence electrons. The van der Waals surface area contributed by atoms with E-state index >= 15 is 0 Å². The smallest absolute Gasteiger partial charge is 0.292 e. The van der Waals surface area contributed by atoms with Gasteiger partial charge in [0.1, 0.15) is 6.61 Å². The van der Waals surface area contributed by atoms with Gasteiger partial charge in [-0.1, -0.05) is 43.7 Å². The van der Waals surface area contributed by atoms with Crippen molar-refractivity contribution in [1.82, 2.24) is 10.1 Å². The van der Waals surface area contributed by atoms with Gasteiger partial charge in [0, 0.05) is 18.2 Å². The molecule has 2 saturated carbocycles. The van der Waals surface area contributed by atoms with Gasteiger partial charge in [-0.25, -0.2) is 4.99 Å². The second-order valence-corrected chi connectivity index (χ2v) is 7.41. The van der Waals surface area contributed by atoms with Crippen molar-refractivity contribution >= 4 is 11.8 Å². The maximum absolute atomic E-state index is 13.3. The Morgan fingerprint density at radius 2 is 1.64 bits per heavy atom. The molecule has 2 aliphatic carbocycles. The van der Waals surface area contributed by atoms with Gasteiger partial charge >= 0.3 is 0 Å². The third-order valence-corrected chi connectivity index (χ3v) is 5.70. The topological polar surface area (TPSA) is 67.9 Å². The first-order valence-electron chi connectivity index (χ1n) is 9.80. The summed E-state index contributed by atoms with van der Waals surface area (Å²) in [6.45, 7) is 1.21. The summed E-state index contributed by atoms with van der Waals surface area (Å²) in [5.74, 6) is 0.810. The van der Waals surface area contributed by atoms with E-state index in [-0.39, 0.29) is 5.91 Å². The molecule has 6 heteroatoms. The highest BCUT2D eigenvalue weighted by atomic mass is 16.5. The van der Waals surface area contributed by atoms with Crippen LogP contribution in [0.3, 0.4) is 0 Å². The van der Waals surface area contributed by atoms with Crippen LogP contribution in [0.2, 0.25) is 0 Å². The highest BCUT2D eigenvalue weighted by Crippen LogP contribution is 2.31. The second kappa shape index (κ2) is 7.58. The average Bonchev–Trinajstić information content (AvgIpc) is 3.35. The molecular formula is C19H27N3O3. The van der Waals surface area contributed by atoms with Crippen LogP contribution in [0.4, 0.5) is 0 Å². The Morgan fingerprint density at radius 3 is 2.20 bits per heavy atom. The summed E-state index contributed by atoms with van der Waals surface area (Å²) in [6, 6.07) is 2.39. The molecule has 0 aromatic carbocycles. The molecule has 0 unspecified atom stereocenters. The zero-order valence-corrected chi connectivity index (χ0v) is 14.8. The monoisotopic (exact) mass is 345 g/mol. The van der Waals surface area contributed by atoms with Crippen LogP contribution in [-0.2, 0) is 4.74 Å². The Balaban J connectivity index is 1.55. The maximum atomic E-state index is 13.3. The highest BCUT2D eigenvalue weighted by molar-refractivity contribution is 5.97. The van der Waals surface area contributed by atoms with Crippen LogP contribution in [0.5, 0.6) is 0 Å². The quantitative estimate of drug-likeness (QED) is 0.837. The van der Waals surface area contributed by atoms with Crippen LogP contribution in [0.15, 0.2) is 15.6 Å². The number of carbonyl (C=O) groups is 1. The molecule has 25 heavy (non-hydrogen) atoms. The lowest BCUT2D eigenvalue weighted by molar-refractivity contribution is 0.0408. The first kappa shape index (κ1) is 16.6. The fourth-order valence-electron chi connectivity index (χ4n) is 4.44. The van der Waals surface area contributed by atoms with Crippen LogP contribution in [0, 0.1) is 0 Å². The average molecular weight is 345 g/mol. The normalized spacial score (nSPS) is 22.5. The summed E-state index contributed by atoms with van der Waals surface area (Å²) in [5, 5.41) is 4.01. The summed E-state index contributed by atoms with van der Waals surface area (Å²) in [6.07, 6.45) is 11.9. The number of aliphatic imine (C=N–C) groups is 1. The lowest BCUT2D eigenvalue weighted by Crippen LogP contribution is -2.48. The molecule has 1 amide bonds. The van der Waals surface area contributed by atoms with Crippen LogP contribution >= 0.6 is 0 Å². The van der Waals surface area contributed by atoms with E-state index in [9.17, 15) is 4.79 Å². The van der Waals surface area contributed by atoms with E-state index in [1.807, 2.05) is 0 Å². The van der Waals surface area contributed by atoms with Gasteiger partial charge in [-0.15, -0.1) is 0 Å². The number of nitrogens with zero attached hydrogens (tertiary/aromatic N) is 3. The molecule has 0 spiro atoms. The molecule has 2 heterocycles. The minimum absolute atomic E-state index is 0.00357. The van der Waals surface area contributed by atoms with Gasteiger partial charge in [-0.3, -0.25) is 4.79 Å². The van der Waals surface area contributed by atoms with Crippen LogP contribution < -0.4 is 0 Å². The van der Waals surface area contributed by atoms with Gasteiger partial charge in [0.15, 0.2) is 5.69 Å². The van der Waals surface area contributed by atoms with Gasteiger partial charge in [-0.05, 0) is 25.7 Å². The van der Waals surface area contributed by atoms with Crippen LogP contribution in [0.25, 0.3) is 0 Å². The summed E-state index contributed by atoms with van der Waals surface area (Å²) in [4.78, 5) is 19.7. The first-order chi connectivity index (χ1) is 12.3. The molecule has 0 atom stereocenters. The van der Waals surface area contributed by atoms with E-state index in [0.717, 1.165) is 25.7 Å². The van der Waals surface area contributed by atoms with Crippen LogP contribution in [0.1, 0.15) is 80.5 Å². The summed E-state index contributed by atoms with van der Waals surface area (Å²) >= 11 is 0. The van der Waals surface area contributed by atoms with E-state index in [4.69, 9.17) is 9.26 Å². The van der Waals surface area contributed by atoms with E-state index < -0.39 is 0 Å². The number of aromatic nitrogens is 1. The summed E-state index contributed by atoms with van der Waals surface area (Å²) in [5.41, 5.74) is 0.535. The fraction of sp³-hybridized carbons (Fsp3) is 0.737. The molecule has 4 rings (SSSR count). The molecule has 1 aromatic rings. The summed E-state index contributed by atoms with van der Waals surface area (Å²) in [7, 11) is 0. The van der Waals surface area contributed by atoms with Crippen molar-refractivity contribution < 1.29 is 14.1 Å². The van der Waals surface area contributed by atoms with Crippen molar-refractivity contribution in [3.63, 3.8) is 0 Å². The fourth-order valence-corrected chi connectivity index (χ4v) is 4.44. The molecule has 2 fully saturated rings. The van der Waals surface area contributed by atoms with Crippen molar-refractivity contribution in [2.45, 2.75) is 76.3 Å². The largest absolute Gasteiger partial charge is 0.474 e. The van der Waals surface area contributed by atoms with Crippen LogP contribution in [-0.4, -0.2) is 47.1 Å². The van der Waals surface area contributed by atoms with Gasteiger partial charge in [0.2, 0.25) is 11.7 Å². The third-order valence-electron chi connectivity index (χ3n) is 5.70. The Hall–Kier alpha value is -1.85. The molecule has 1 aliphatic heterocycles. The number of carbonyl (C=O) groups excluding carboxylic acids is 1. The number of hydrogen-bond acceptors (Lipinski definition) is 5. The molecule has 0 bridgehead atoms. The molecule has 0 N–H and O–H groups in total. The maximum Gasteiger partial charge on any atom is 0.292 e. The number of hydrogen-bond donors (Lipinski definition) is 0. The van der Waals surface area contributed by atoms with Gasteiger partial charge in [0.25, 0.3) is 5.91 Å². The molecular weight excluding hydrogens is 318 g/mol. The Labute approximate surface area is 148 Å². The summed E-state index contributed by atoms with van der Waals surface area (Å²) < 4.78 is 10.8. The zero-order chi connectivity index (χ0) is 17.1. The third kappa shape index (κ3) is 3.58. The predicted molar refractivity (Wildman–Crippen MR) is 93.8 cm³/mol. The zero-order valence-electron chi connectivity index (χ0n) is 14.8. The van der Waals surface area contributed by atoms with Crippen molar-refractivity contribution in [3.8, 4) is 0 Å². The molecule has 0 saturated heterocycles. The number of ether oxygens (including phenoxy) is 1. The molecule has 1 aromatic heterocycles. The second-order valence-electron chi connectivity index (χ2n) is 7.41. The Kier molecular flexibility index (Phi) is 5.04. The molecule has 6 nitrogen and oxygen atoms in total. The van der Waals surface area contributed by atoms with E-state index in [0.29, 0.717) is 42.6 Å².